The highest BCUT2D eigenvalue weighted by molar-refractivity contribution is 5.95. The van der Waals surface area contributed by atoms with Gasteiger partial charge in [0.15, 0.2) is 5.69 Å². The van der Waals surface area contributed by atoms with Gasteiger partial charge in [-0.05, 0) is 31.4 Å². The van der Waals surface area contributed by atoms with E-state index in [0.717, 1.165) is 16.0 Å². The van der Waals surface area contributed by atoms with E-state index in [2.05, 4.69) is 10.1 Å². The highest BCUT2D eigenvalue weighted by Crippen LogP contribution is 2.20. The molecule has 0 radical (unpaired) electrons. The number of aromatic amines is 1. The average molecular weight is 478 g/mol. The van der Waals surface area contributed by atoms with Gasteiger partial charge in [-0.15, -0.1) is 0 Å². The van der Waals surface area contributed by atoms with Crippen LogP contribution in [0.5, 0.6) is 0 Å². The van der Waals surface area contributed by atoms with Crippen LogP contribution in [0.1, 0.15) is 42.1 Å². The van der Waals surface area contributed by atoms with E-state index in [9.17, 15) is 24.4 Å². The van der Waals surface area contributed by atoms with Gasteiger partial charge in [-0.3, -0.25) is 28.8 Å². The number of nitrogens with one attached hydrogen (secondary N) is 1. The number of aromatic nitrogens is 4. The Morgan fingerprint density at radius 1 is 1.20 bits per heavy atom. The summed E-state index contributed by atoms with van der Waals surface area (Å²) in [6, 6.07) is 10.8. The molecule has 0 fully saturated rings. The van der Waals surface area contributed by atoms with Crippen LogP contribution >= 0.6 is 0 Å². The maximum atomic E-state index is 13.5. The Morgan fingerprint density at radius 2 is 1.89 bits per heavy atom. The van der Waals surface area contributed by atoms with E-state index in [1.807, 2.05) is 19.1 Å². The molecular formula is C24H27N7O4. The summed E-state index contributed by atoms with van der Waals surface area (Å²) in [5, 5.41) is 13.5. The van der Waals surface area contributed by atoms with Gasteiger partial charge < -0.3 is 5.73 Å². The molecule has 3 N–H and O–H groups in total. The van der Waals surface area contributed by atoms with Gasteiger partial charge in [0.2, 0.25) is 5.91 Å². The number of unbranched alkanes of at least 4 members (excludes halogenated alkanes) is 1. The van der Waals surface area contributed by atoms with E-state index in [-0.39, 0.29) is 30.2 Å². The van der Waals surface area contributed by atoms with Gasteiger partial charge >= 0.3 is 5.69 Å². The van der Waals surface area contributed by atoms with Crippen LogP contribution in [0.15, 0.2) is 44.7 Å². The van der Waals surface area contributed by atoms with Crippen LogP contribution in [0.2, 0.25) is 0 Å². The molecule has 1 aromatic carbocycles. The molecule has 182 valence electrons. The number of benzene rings is 1. The highest BCUT2D eigenvalue weighted by Gasteiger charge is 2.26. The molecule has 0 unspecified atom stereocenters. The fourth-order valence-electron chi connectivity index (χ4n) is 3.66. The number of hydrogen-bond acceptors (Lipinski definition) is 7. The lowest BCUT2D eigenvalue weighted by Gasteiger charge is -2.25. The Kier molecular flexibility index (Phi) is 7.66. The van der Waals surface area contributed by atoms with Crippen molar-refractivity contribution in [3.8, 4) is 6.07 Å². The number of anilines is 2. The number of H-pyrrole nitrogens is 1. The summed E-state index contributed by atoms with van der Waals surface area (Å²) in [6.45, 7) is 4.88. The Hall–Kier alpha value is -4.46. The number of aryl methyl sites for hydroxylation is 1. The first-order chi connectivity index (χ1) is 16.7. The Morgan fingerprint density at radius 3 is 2.51 bits per heavy atom. The zero-order valence-electron chi connectivity index (χ0n) is 19.9. The maximum Gasteiger partial charge on any atom is 0.330 e. The van der Waals surface area contributed by atoms with Crippen LogP contribution in [0.3, 0.4) is 0 Å². The molecule has 0 aliphatic carbocycles. The van der Waals surface area contributed by atoms with Crippen molar-refractivity contribution in [1.82, 2.24) is 19.3 Å². The quantitative estimate of drug-likeness (QED) is 0.493. The van der Waals surface area contributed by atoms with Gasteiger partial charge in [0, 0.05) is 6.54 Å². The van der Waals surface area contributed by atoms with Crippen molar-refractivity contribution in [2.45, 2.75) is 53.2 Å². The fraction of sp³-hybridized carbons (Fsp3) is 0.333. The summed E-state index contributed by atoms with van der Waals surface area (Å²) in [6.07, 6.45) is 1.43. The summed E-state index contributed by atoms with van der Waals surface area (Å²) >= 11 is 0. The molecule has 0 saturated heterocycles. The van der Waals surface area contributed by atoms with Crippen LogP contribution < -0.4 is 27.4 Å². The number of nitrogens with zero attached hydrogens (tertiary/aromatic N) is 5. The molecule has 3 rings (SSSR count). The second-order valence-electron chi connectivity index (χ2n) is 8.12. The third-order valence-corrected chi connectivity index (χ3v) is 5.74. The van der Waals surface area contributed by atoms with Gasteiger partial charge in [-0.1, -0.05) is 43.7 Å². The van der Waals surface area contributed by atoms with Gasteiger partial charge in [0.1, 0.15) is 24.0 Å². The van der Waals surface area contributed by atoms with Crippen molar-refractivity contribution in [3.63, 3.8) is 0 Å². The van der Waals surface area contributed by atoms with Crippen LogP contribution in [0.25, 0.3) is 0 Å². The van der Waals surface area contributed by atoms with E-state index < -0.39 is 29.3 Å². The first kappa shape index (κ1) is 25.2. The second kappa shape index (κ2) is 10.6. The third kappa shape index (κ3) is 5.22. The summed E-state index contributed by atoms with van der Waals surface area (Å²) in [7, 11) is 0. The van der Waals surface area contributed by atoms with Crippen LogP contribution in [0, 0.1) is 25.2 Å². The second-order valence-corrected chi connectivity index (χ2v) is 8.12. The lowest BCUT2D eigenvalue weighted by atomic mass is 10.1. The molecule has 11 nitrogen and oxygen atoms in total. The summed E-state index contributed by atoms with van der Waals surface area (Å²) in [4.78, 5) is 54.9. The Bertz CT molecular complexity index is 1460. The molecule has 35 heavy (non-hydrogen) atoms. The molecule has 0 aliphatic heterocycles. The molecule has 1 amide bonds. The summed E-state index contributed by atoms with van der Waals surface area (Å²) in [5.41, 5.74) is 5.33. The summed E-state index contributed by atoms with van der Waals surface area (Å²) < 4.78 is 2.12. The first-order valence-electron chi connectivity index (χ1n) is 11.1. The average Bonchev–Trinajstić information content (AvgIpc) is 2.82. The van der Waals surface area contributed by atoms with Crippen molar-refractivity contribution >= 4 is 17.4 Å². The Labute approximate surface area is 201 Å². The van der Waals surface area contributed by atoms with Crippen LogP contribution in [-0.4, -0.2) is 25.2 Å². The van der Waals surface area contributed by atoms with E-state index in [1.54, 1.807) is 38.1 Å². The van der Waals surface area contributed by atoms with Crippen LogP contribution in [-0.2, 0) is 24.4 Å². The van der Waals surface area contributed by atoms with Gasteiger partial charge in [-0.25, -0.2) is 9.48 Å². The SMILES string of the molecule is CCCCn1c(N)c(N(Cc2ccccc2)C(=O)Cn2nc(C)c(C)c(C#N)c2=O)c(=O)[nH]c1=O. The molecule has 0 spiro atoms. The lowest BCUT2D eigenvalue weighted by Crippen LogP contribution is -2.43. The van der Waals surface area contributed by atoms with Crippen molar-refractivity contribution < 1.29 is 4.79 Å². The van der Waals surface area contributed by atoms with Crippen molar-refractivity contribution in [2.75, 3.05) is 10.6 Å². The van der Waals surface area contributed by atoms with Gasteiger partial charge in [-0.2, -0.15) is 10.4 Å². The van der Waals surface area contributed by atoms with E-state index >= 15 is 0 Å². The summed E-state index contributed by atoms with van der Waals surface area (Å²) in [5.74, 6) is -0.803. The zero-order chi connectivity index (χ0) is 25.7. The fourth-order valence-corrected chi connectivity index (χ4v) is 3.66. The van der Waals surface area contributed by atoms with Gasteiger partial charge in [0.05, 0.1) is 12.2 Å². The molecule has 0 saturated carbocycles. The lowest BCUT2D eigenvalue weighted by molar-refractivity contribution is -0.119. The molecule has 0 atom stereocenters. The number of nitrogen functional groups attached to an aromatic ring is 1. The monoisotopic (exact) mass is 477 g/mol. The largest absolute Gasteiger partial charge is 0.383 e. The standard InChI is InChI=1S/C24H27N7O4/c1-4-5-11-29-21(26)20(22(33)27-24(29)35)30(13-17-9-7-6-8-10-17)19(32)14-31-23(34)18(12-25)15(2)16(3)28-31/h6-10H,4-5,11,13-14,26H2,1-3H3,(H,27,33,35). The minimum Gasteiger partial charge on any atom is -0.383 e. The number of carbonyl (C=O) groups excluding carboxylic acids is 1. The van der Waals surface area contributed by atoms with Crippen molar-refractivity contribution in [2.24, 2.45) is 0 Å². The molecule has 3 aromatic rings. The number of nitriles is 1. The number of hydrogen-bond donors (Lipinski definition) is 2. The molecule has 0 bridgehead atoms. The normalized spacial score (nSPS) is 10.7. The number of nitrogens with two attached hydrogens (primary N) is 1. The minimum absolute atomic E-state index is 0.0381. The first-order valence-corrected chi connectivity index (χ1v) is 11.1. The topological polar surface area (TPSA) is 160 Å². The molecule has 0 aliphatic rings. The molecule has 2 aromatic heterocycles. The highest BCUT2D eigenvalue weighted by atomic mass is 16.2. The van der Waals surface area contributed by atoms with Crippen LogP contribution in [0.4, 0.5) is 11.5 Å². The minimum atomic E-state index is -0.817. The molecule has 2 heterocycles. The third-order valence-electron chi connectivity index (χ3n) is 5.74. The molecule has 11 heteroatoms. The van der Waals surface area contributed by atoms with E-state index in [0.29, 0.717) is 23.2 Å². The number of rotatable bonds is 8. The number of carbonyl (C=O) groups is 1. The van der Waals surface area contributed by atoms with Crippen molar-refractivity contribution in [1.29, 1.82) is 5.26 Å². The van der Waals surface area contributed by atoms with E-state index in [1.165, 1.54) is 4.57 Å². The predicted molar refractivity (Wildman–Crippen MR) is 131 cm³/mol. The van der Waals surface area contributed by atoms with Gasteiger partial charge in [0.25, 0.3) is 11.1 Å². The van der Waals surface area contributed by atoms with E-state index in [4.69, 9.17) is 5.73 Å². The smallest absolute Gasteiger partial charge is 0.330 e. The maximum absolute atomic E-state index is 13.5. The predicted octanol–water partition coefficient (Wildman–Crippen LogP) is 1.20. The zero-order valence-corrected chi connectivity index (χ0v) is 19.9. The number of amides is 1. The Balaban J connectivity index is 2.14. The van der Waals surface area contributed by atoms with Crippen molar-refractivity contribution in [3.05, 3.63) is 83.9 Å². The molecular weight excluding hydrogens is 450 g/mol.